The van der Waals surface area contributed by atoms with Gasteiger partial charge >= 0.3 is 0 Å². The van der Waals surface area contributed by atoms with Crippen molar-refractivity contribution in [2.45, 2.75) is 6.92 Å². The van der Waals surface area contributed by atoms with Crippen molar-refractivity contribution in [3.8, 4) is 17.2 Å². The molecule has 0 unspecified atom stereocenters. The second-order valence-corrected chi connectivity index (χ2v) is 7.46. The molecule has 1 amide bonds. The van der Waals surface area contributed by atoms with E-state index >= 15 is 0 Å². The number of quaternary nitrogens is 2. The summed E-state index contributed by atoms with van der Waals surface area (Å²) in [6.07, 6.45) is 0. The lowest BCUT2D eigenvalue weighted by atomic mass is 10.3. The van der Waals surface area contributed by atoms with E-state index in [1.165, 1.54) is 9.80 Å². The van der Waals surface area contributed by atoms with E-state index in [2.05, 4.69) is 5.32 Å². The molecule has 0 bridgehead atoms. The molecular formula is C23H33N3O4+2. The summed E-state index contributed by atoms with van der Waals surface area (Å²) < 4.78 is 16.4. The Balaban J connectivity index is 1.32. The van der Waals surface area contributed by atoms with Crippen LogP contribution in [0, 0.1) is 0 Å². The third kappa shape index (κ3) is 6.93. The van der Waals surface area contributed by atoms with E-state index in [1.807, 2.05) is 55.5 Å². The highest BCUT2D eigenvalue weighted by Gasteiger charge is 2.24. The van der Waals surface area contributed by atoms with E-state index in [0.717, 1.165) is 55.7 Å². The van der Waals surface area contributed by atoms with E-state index in [9.17, 15) is 4.79 Å². The highest BCUT2D eigenvalue weighted by atomic mass is 16.5. The van der Waals surface area contributed by atoms with E-state index in [0.29, 0.717) is 19.8 Å². The van der Waals surface area contributed by atoms with Crippen LogP contribution in [0.5, 0.6) is 17.2 Å². The van der Waals surface area contributed by atoms with E-state index in [4.69, 9.17) is 14.2 Å². The maximum absolute atomic E-state index is 12.3. The quantitative estimate of drug-likeness (QED) is 0.507. The number of amides is 1. The topological polar surface area (TPSA) is 65.7 Å². The Labute approximate surface area is 178 Å². The number of benzene rings is 2. The number of ether oxygens (including phenoxy) is 3. The molecule has 0 aromatic heterocycles. The van der Waals surface area contributed by atoms with Crippen molar-refractivity contribution in [1.82, 2.24) is 0 Å². The zero-order valence-electron chi connectivity index (χ0n) is 17.9. The van der Waals surface area contributed by atoms with Crippen molar-refractivity contribution < 1.29 is 28.8 Å². The SMILES string of the molecule is CCOc1ccc(NC(=O)C[NH+]2CC[NH+](CCOc3ccc(OC)cc3)CC2)cc1. The third-order valence-electron chi connectivity index (χ3n) is 5.31. The lowest BCUT2D eigenvalue weighted by Crippen LogP contribution is -3.28. The number of nitrogens with one attached hydrogen (secondary N) is 3. The van der Waals surface area contributed by atoms with Gasteiger partial charge in [0.25, 0.3) is 5.91 Å². The number of piperazine rings is 1. The molecule has 1 fully saturated rings. The second-order valence-electron chi connectivity index (χ2n) is 7.46. The molecule has 2 aromatic rings. The van der Waals surface area contributed by atoms with Gasteiger partial charge in [-0.2, -0.15) is 0 Å². The van der Waals surface area contributed by atoms with Crippen molar-refractivity contribution in [3.63, 3.8) is 0 Å². The molecule has 7 nitrogen and oxygen atoms in total. The van der Waals surface area contributed by atoms with Crippen molar-refractivity contribution in [3.05, 3.63) is 48.5 Å². The molecule has 0 spiro atoms. The van der Waals surface area contributed by atoms with Gasteiger partial charge < -0.3 is 29.3 Å². The minimum Gasteiger partial charge on any atom is -0.497 e. The fraction of sp³-hybridized carbons (Fsp3) is 0.435. The van der Waals surface area contributed by atoms with Crippen LogP contribution in [-0.4, -0.2) is 65.5 Å². The van der Waals surface area contributed by atoms with Crippen LogP contribution in [0.15, 0.2) is 48.5 Å². The Kier molecular flexibility index (Phi) is 8.35. The monoisotopic (exact) mass is 415 g/mol. The van der Waals surface area contributed by atoms with Crippen molar-refractivity contribution in [2.24, 2.45) is 0 Å². The fourth-order valence-corrected chi connectivity index (χ4v) is 3.60. The summed E-state index contributed by atoms with van der Waals surface area (Å²) in [5.74, 6) is 2.57. The third-order valence-corrected chi connectivity index (χ3v) is 5.31. The van der Waals surface area contributed by atoms with Gasteiger partial charge in [0.2, 0.25) is 0 Å². The molecule has 1 aliphatic heterocycles. The number of carbonyl (C=O) groups excluding carboxylic acids is 1. The van der Waals surface area contributed by atoms with Gasteiger partial charge in [-0.3, -0.25) is 4.79 Å². The zero-order valence-corrected chi connectivity index (χ0v) is 17.9. The summed E-state index contributed by atoms with van der Waals surface area (Å²) >= 11 is 0. The molecular weight excluding hydrogens is 382 g/mol. The fourth-order valence-electron chi connectivity index (χ4n) is 3.60. The van der Waals surface area contributed by atoms with Crippen LogP contribution in [0.2, 0.25) is 0 Å². The molecule has 0 atom stereocenters. The van der Waals surface area contributed by atoms with Gasteiger partial charge in [0, 0.05) is 5.69 Å². The normalized spacial score (nSPS) is 18.5. The summed E-state index contributed by atoms with van der Waals surface area (Å²) in [6, 6.07) is 15.2. The van der Waals surface area contributed by atoms with Gasteiger partial charge in [0.05, 0.1) is 13.7 Å². The van der Waals surface area contributed by atoms with Crippen molar-refractivity contribution in [1.29, 1.82) is 0 Å². The smallest absolute Gasteiger partial charge is 0.279 e. The molecule has 0 saturated carbocycles. The maximum atomic E-state index is 12.3. The first-order valence-electron chi connectivity index (χ1n) is 10.6. The molecule has 162 valence electrons. The Hall–Kier alpha value is -2.77. The van der Waals surface area contributed by atoms with Crippen LogP contribution in [-0.2, 0) is 4.79 Å². The molecule has 1 heterocycles. The maximum Gasteiger partial charge on any atom is 0.279 e. The highest BCUT2D eigenvalue weighted by molar-refractivity contribution is 5.91. The number of hydrogen-bond acceptors (Lipinski definition) is 4. The average Bonchev–Trinajstić information content (AvgIpc) is 2.77. The second kappa shape index (κ2) is 11.4. The van der Waals surface area contributed by atoms with Gasteiger partial charge in [-0.15, -0.1) is 0 Å². The lowest BCUT2D eigenvalue weighted by molar-refractivity contribution is -1.01. The molecule has 0 radical (unpaired) electrons. The van der Waals surface area contributed by atoms with E-state index in [1.54, 1.807) is 7.11 Å². The molecule has 2 aromatic carbocycles. The minimum absolute atomic E-state index is 0.0560. The van der Waals surface area contributed by atoms with Crippen molar-refractivity contribution in [2.75, 3.05) is 64.9 Å². The number of hydrogen-bond donors (Lipinski definition) is 3. The molecule has 3 N–H and O–H groups in total. The first-order chi connectivity index (χ1) is 14.7. The molecule has 1 aliphatic rings. The Morgan fingerprint density at radius 1 is 0.867 bits per heavy atom. The molecule has 1 saturated heterocycles. The summed E-state index contributed by atoms with van der Waals surface area (Å²) in [5, 5.41) is 2.98. The van der Waals surface area contributed by atoms with Gasteiger partial charge in [-0.05, 0) is 55.5 Å². The summed E-state index contributed by atoms with van der Waals surface area (Å²) in [4.78, 5) is 15.2. The zero-order chi connectivity index (χ0) is 21.2. The highest BCUT2D eigenvalue weighted by Crippen LogP contribution is 2.16. The Morgan fingerprint density at radius 3 is 2.07 bits per heavy atom. The van der Waals surface area contributed by atoms with E-state index in [-0.39, 0.29) is 5.91 Å². The van der Waals surface area contributed by atoms with Gasteiger partial charge in [-0.25, -0.2) is 0 Å². The predicted molar refractivity (Wildman–Crippen MR) is 116 cm³/mol. The number of rotatable bonds is 10. The molecule has 7 heteroatoms. The minimum atomic E-state index is 0.0560. The van der Waals surface area contributed by atoms with Gasteiger partial charge in [0.1, 0.15) is 56.6 Å². The van der Waals surface area contributed by atoms with Crippen LogP contribution in [0.1, 0.15) is 6.92 Å². The molecule has 30 heavy (non-hydrogen) atoms. The van der Waals surface area contributed by atoms with Crippen LogP contribution in [0.4, 0.5) is 5.69 Å². The Bertz CT molecular complexity index is 772. The van der Waals surface area contributed by atoms with Crippen LogP contribution >= 0.6 is 0 Å². The van der Waals surface area contributed by atoms with Gasteiger partial charge in [-0.1, -0.05) is 0 Å². The van der Waals surface area contributed by atoms with Crippen LogP contribution in [0.3, 0.4) is 0 Å². The first kappa shape index (κ1) is 21.9. The average molecular weight is 416 g/mol. The number of carbonyl (C=O) groups is 1. The van der Waals surface area contributed by atoms with Crippen LogP contribution in [0.25, 0.3) is 0 Å². The van der Waals surface area contributed by atoms with Crippen molar-refractivity contribution >= 4 is 11.6 Å². The van der Waals surface area contributed by atoms with Crippen LogP contribution < -0.4 is 29.3 Å². The Morgan fingerprint density at radius 2 is 1.43 bits per heavy atom. The standard InChI is InChI=1S/C23H31N3O4/c1-3-29-21-6-4-19(5-7-21)24-23(27)18-26-14-12-25(13-15-26)16-17-30-22-10-8-20(28-2)9-11-22/h4-11H,3,12-18H2,1-2H3,(H,24,27)/p+2. The van der Waals surface area contributed by atoms with E-state index < -0.39 is 0 Å². The predicted octanol–water partition coefficient (Wildman–Crippen LogP) is -0.105. The molecule has 3 rings (SSSR count). The largest absolute Gasteiger partial charge is 0.497 e. The number of anilines is 1. The van der Waals surface area contributed by atoms with Gasteiger partial charge in [0.15, 0.2) is 6.54 Å². The summed E-state index contributed by atoms with van der Waals surface area (Å²) in [5.41, 5.74) is 0.808. The summed E-state index contributed by atoms with van der Waals surface area (Å²) in [7, 11) is 1.66. The first-order valence-corrected chi connectivity index (χ1v) is 10.6. The summed E-state index contributed by atoms with van der Waals surface area (Å²) in [6.45, 7) is 8.85. The molecule has 0 aliphatic carbocycles. The lowest BCUT2D eigenvalue weighted by Gasteiger charge is -2.29. The number of methoxy groups -OCH3 is 1.